The molecule has 0 radical (unpaired) electrons. The van der Waals surface area contributed by atoms with E-state index in [1.54, 1.807) is 10.6 Å². The lowest BCUT2D eigenvalue weighted by atomic mass is 10.0. The summed E-state index contributed by atoms with van der Waals surface area (Å²) in [6.45, 7) is 0.598. The highest BCUT2D eigenvalue weighted by Crippen LogP contribution is 2.27. The van der Waals surface area contributed by atoms with E-state index < -0.39 is 5.82 Å². The van der Waals surface area contributed by atoms with Gasteiger partial charge in [-0.05, 0) is 60.4 Å². The maximum atomic E-state index is 13.5. The van der Waals surface area contributed by atoms with Gasteiger partial charge < -0.3 is 0 Å². The van der Waals surface area contributed by atoms with E-state index in [4.69, 9.17) is 11.6 Å². The van der Waals surface area contributed by atoms with Gasteiger partial charge in [-0.15, -0.1) is 0 Å². The van der Waals surface area contributed by atoms with Gasteiger partial charge in [0.05, 0.1) is 10.9 Å². The Morgan fingerprint density at radius 2 is 2.08 bits per heavy atom. The van der Waals surface area contributed by atoms with Gasteiger partial charge >= 0.3 is 0 Å². The predicted molar refractivity (Wildman–Crippen MR) is 94.5 cm³/mol. The van der Waals surface area contributed by atoms with Gasteiger partial charge in [-0.25, -0.2) is 9.37 Å². The molecule has 4 rings (SSSR count). The first-order chi connectivity index (χ1) is 11.6. The minimum atomic E-state index is -0.424. The van der Waals surface area contributed by atoms with Gasteiger partial charge in [-0.3, -0.25) is 9.36 Å². The van der Waals surface area contributed by atoms with Crippen molar-refractivity contribution in [2.24, 2.45) is 0 Å². The normalized spacial score (nSPS) is 15.7. The van der Waals surface area contributed by atoms with Gasteiger partial charge in [-0.1, -0.05) is 23.7 Å². The Labute approximate surface area is 143 Å². The van der Waals surface area contributed by atoms with Crippen LogP contribution in [-0.4, -0.2) is 9.55 Å². The number of hydrogen-bond acceptors (Lipinski definition) is 2. The first kappa shape index (κ1) is 15.1. The van der Waals surface area contributed by atoms with E-state index in [-0.39, 0.29) is 5.56 Å². The van der Waals surface area contributed by atoms with Gasteiger partial charge in [0.2, 0.25) is 0 Å². The molecule has 3 aromatic rings. The average molecular weight is 341 g/mol. The molecule has 5 heteroatoms. The van der Waals surface area contributed by atoms with Crippen molar-refractivity contribution in [3.63, 3.8) is 0 Å². The molecule has 0 saturated carbocycles. The van der Waals surface area contributed by atoms with E-state index in [1.165, 1.54) is 12.1 Å². The SMILES string of the molecule is O=c1c2cc(F)ccc2nc2n1CCC/C2=C\c1cccc(Cl)c1. The van der Waals surface area contributed by atoms with Gasteiger partial charge in [0.25, 0.3) is 5.56 Å². The number of halogens is 2. The number of rotatable bonds is 1. The van der Waals surface area contributed by atoms with Crippen molar-refractivity contribution < 1.29 is 4.39 Å². The van der Waals surface area contributed by atoms with Crippen molar-refractivity contribution in [2.75, 3.05) is 0 Å². The summed E-state index contributed by atoms with van der Waals surface area (Å²) < 4.78 is 15.1. The average Bonchev–Trinajstić information content (AvgIpc) is 2.57. The van der Waals surface area contributed by atoms with Crippen molar-refractivity contribution in [2.45, 2.75) is 19.4 Å². The maximum Gasteiger partial charge on any atom is 0.261 e. The molecule has 0 bridgehead atoms. The third-order valence-electron chi connectivity index (χ3n) is 4.22. The van der Waals surface area contributed by atoms with Crippen LogP contribution in [0.1, 0.15) is 24.2 Å². The van der Waals surface area contributed by atoms with Crippen LogP contribution in [0.5, 0.6) is 0 Å². The largest absolute Gasteiger partial charge is 0.292 e. The van der Waals surface area contributed by atoms with Crippen LogP contribution in [0.3, 0.4) is 0 Å². The zero-order valence-electron chi connectivity index (χ0n) is 12.8. The summed E-state index contributed by atoms with van der Waals surface area (Å²) in [5.41, 5.74) is 2.30. The molecule has 0 amide bonds. The van der Waals surface area contributed by atoms with Gasteiger partial charge in [0, 0.05) is 11.6 Å². The summed E-state index contributed by atoms with van der Waals surface area (Å²) in [5, 5.41) is 0.988. The third-order valence-corrected chi connectivity index (χ3v) is 4.46. The van der Waals surface area contributed by atoms with E-state index in [0.29, 0.717) is 28.3 Å². The quantitative estimate of drug-likeness (QED) is 0.652. The lowest BCUT2D eigenvalue weighted by Crippen LogP contribution is -2.28. The van der Waals surface area contributed by atoms with Crippen LogP contribution in [0, 0.1) is 5.82 Å². The summed E-state index contributed by atoms with van der Waals surface area (Å²) in [5.74, 6) is 0.234. The number of allylic oxidation sites excluding steroid dienone is 1. The fourth-order valence-corrected chi connectivity index (χ4v) is 3.32. The molecule has 24 heavy (non-hydrogen) atoms. The second-order valence-electron chi connectivity index (χ2n) is 5.88. The van der Waals surface area contributed by atoms with Crippen molar-refractivity contribution in [1.82, 2.24) is 9.55 Å². The fraction of sp³-hybridized carbons (Fsp3) is 0.158. The Bertz CT molecular complexity index is 1040. The molecule has 1 aliphatic rings. The number of benzene rings is 2. The second kappa shape index (κ2) is 5.87. The van der Waals surface area contributed by atoms with Crippen molar-refractivity contribution in [3.05, 3.63) is 75.0 Å². The maximum absolute atomic E-state index is 13.5. The summed E-state index contributed by atoms with van der Waals surface area (Å²) in [4.78, 5) is 17.3. The number of fused-ring (bicyclic) bond motifs is 2. The first-order valence-corrected chi connectivity index (χ1v) is 8.16. The Balaban J connectivity index is 1.93. The Morgan fingerprint density at radius 1 is 1.21 bits per heavy atom. The third kappa shape index (κ3) is 2.63. The zero-order valence-corrected chi connectivity index (χ0v) is 13.6. The van der Waals surface area contributed by atoms with Gasteiger partial charge in [0.15, 0.2) is 0 Å². The van der Waals surface area contributed by atoms with Crippen LogP contribution < -0.4 is 5.56 Å². The molecule has 3 nitrogen and oxygen atoms in total. The van der Waals surface area contributed by atoms with Crippen LogP contribution >= 0.6 is 11.6 Å². The molecule has 120 valence electrons. The molecule has 0 atom stereocenters. The van der Waals surface area contributed by atoms with E-state index in [9.17, 15) is 9.18 Å². The molecular weight excluding hydrogens is 327 g/mol. The predicted octanol–water partition coefficient (Wildman–Crippen LogP) is 4.52. The van der Waals surface area contributed by atoms with Crippen molar-refractivity contribution in [1.29, 1.82) is 0 Å². The lowest BCUT2D eigenvalue weighted by Gasteiger charge is -2.21. The van der Waals surface area contributed by atoms with Crippen molar-refractivity contribution in [3.8, 4) is 0 Å². The topological polar surface area (TPSA) is 34.9 Å². The molecule has 0 unspecified atom stereocenters. The highest BCUT2D eigenvalue weighted by atomic mass is 35.5. The summed E-state index contributed by atoms with van der Waals surface area (Å²) >= 11 is 6.05. The summed E-state index contributed by atoms with van der Waals surface area (Å²) in [6, 6.07) is 11.7. The lowest BCUT2D eigenvalue weighted by molar-refractivity contribution is 0.586. The zero-order chi connectivity index (χ0) is 16.7. The summed E-state index contributed by atoms with van der Waals surface area (Å²) in [7, 11) is 0. The first-order valence-electron chi connectivity index (χ1n) is 7.78. The molecule has 0 N–H and O–H groups in total. The Kier molecular flexibility index (Phi) is 3.69. The van der Waals surface area contributed by atoms with E-state index in [0.717, 1.165) is 24.0 Å². The Hall–Kier alpha value is -2.46. The smallest absolute Gasteiger partial charge is 0.261 e. The molecule has 1 aromatic heterocycles. The minimum Gasteiger partial charge on any atom is -0.292 e. The van der Waals surface area contributed by atoms with Gasteiger partial charge in [0.1, 0.15) is 11.6 Å². The van der Waals surface area contributed by atoms with E-state index in [2.05, 4.69) is 4.98 Å². The fourth-order valence-electron chi connectivity index (χ4n) is 3.12. The van der Waals surface area contributed by atoms with Crippen LogP contribution in [-0.2, 0) is 6.54 Å². The van der Waals surface area contributed by atoms with E-state index >= 15 is 0 Å². The van der Waals surface area contributed by atoms with Crippen LogP contribution in [0.25, 0.3) is 22.6 Å². The van der Waals surface area contributed by atoms with Crippen molar-refractivity contribution >= 4 is 34.2 Å². The Morgan fingerprint density at radius 3 is 2.92 bits per heavy atom. The van der Waals surface area contributed by atoms with E-state index in [1.807, 2.05) is 30.3 Å². The standard InChI is InChI=1S/C19H14ClFN2O/c20-14-5-1-3-12(10-14)9-13-4-2-8-23-18(13)22-17-7-6-15(21)11-16(17)19(23)24/h1,3,5-7,9-11H,2,4,8H2/b13-9+. The monoisotopic (exact) mass is 340 g/mol. The molecule has 0 saturated heterocycles. The number of aromatic nitrogens is 2. The number of nitrogens with zero attached hydrogens (tertiary/aromatic N) is 2. The molecule has 0 aliphatic carbocycles. The van der Waals surface area contributed by atoms with Gasteiger partial charge in [-0.2, -0.15) is 0 Å². The molecule has 2 heterocycles. The second-order valence-corrected chi connectivity index (χ2v) is 6.32. The molecule has 0 spiro atoms. The molecule has 0 fully saturated rings. The molecule has 2 aromatic carbocycles. The molecular formula is C19H14ClFN2O. The highest BCUT2D eigenvalue weighted by Gasteiger charge is 2.19. The van der Waals surface area contributed by atoms with Crippen LogP contribution in [0.2, 0.25) is 5.02 Å². The highest BCUT2D eigenvalue weighted by molar-refractivity contribution is 6.30. The van der Waals surface area contributed by atoms with Crippen LogP contribution in [0.4, 0.5) is 4.39 Å². The minimum absolute atomic E-state index is 0.189. The van der Waals surface area contributed by atoms with Crippen LogP contribution in [0.15, 0.2) is 47.3 Å². The summed E-state index contributed by atoms with van der Waals surface area (Å²) in [6.07, 6.45) is 3.70. The number of hydrogen-bond donors (Lipinski definition) is 0. The molecule has 1 aliphatic heterocycles.